The van der Waals surface area contributed by atoms with Crippen molar-refractivity contribution in [3.05, 3.63) is 24.3 Å². The Hall–Kier alpha value is -1.44. The fourth-order valence-corrected chi connectivity index (χ4v) is 1.79. The van der Waals surface area contributed by atoms with Gasteiger partial charge in [0.1, 0.15) is 6.04 Å². The number of carbonyl (C=O) groups excluding carboxylic acids is 1. The molecule has 1 rings (SSSR count). The molecule has 0 radical (unpaired) electrons. The smallest absolute Gasteiger partial charge is 0.243 e. The van der Waals surface area contributed by atoms with Gasteiger partial charge in [0, 0.05) is 11.9 Å². The van der Waals surface area contributed by atoms with Crippen LogP contribution in [-0.2, 0) is 14.6 Å². The maximum atomic E-state index is 11.4. The topological polar surface area (TPSA) is 109 Å². The molecular formula is C10H14N2O4S. The molecule has 0 aliphatic rings. The highest BCUT2D eigenvalue weighted by Gasteiger charge is 2.13. The Bertz CT molecular complexity index is 513. The fourth-order valence-electron chi connectivity index (χ4n) is 1.12. The summed E-state index contributed by atoms with van der Waals surface area (Å²) >= 11 is 0. The summed E-state index contributed by atoms with van der Waals surface area (Å²) in [6.45, 7) is -0.475. The van der Waals surface area contributed by atoms with Crippen molar-refractivity contribution >= 4 is 21.4 Å². The number of aliphatic hydroxyl groups excluding tert-OH is 1. The molecule has 1 atom stereocenters. The van der Waals surface area contributed by atoms with Crippen LogP contribution in [0, 0.1) is 0 Å². The Labute approximate surface area is 99.4 Å². The van der Waals surface area contributed by atoms with Crippen LogP contribution in [0.5, 0.6) is 0 Å². The monoisotopic (exact) mass is 258 g/mol. The molecule has 1 amide bonds. The van der Waals surface area contributed by atoms with Gasteiger partial charge < -0.3 is 16.2 Å². The minimum atomic E-state index is -3.32. The third-order valence-corrected chi connectivity index (χ3v) is 3.17. The molecule has 1 aromatic carbocycles. The highest BCUT2D eigenvalue weighted by atomic mass is 32.2. The number of anilines is 1. The van der Waals surface area contributed by atoms with Crippen molar-refractivity contribution in [2.45, 2.75) is 10.9 Å². The van der Waals surface area contributed by atoms with E-state index in [0.29, 0.717) is 5.69 Å². The minimum absolute atomic E-state index is 0.105. The van der Waals surface area contributed by atoms with E-state index in [2.05, 4.69) is 5.32 Å². The third kappa shape index (κ3) is 3.81. The van der Waals surface area contributed by atoms with Gasteiger partial charge in [0.05, 0.1) is 11.5 Å². The largest absolute Gasteiger partial charge is 0.394 e. The molecule has 4 N–H and O–H groups in total. The van der Waals surface area contributed by atoms with Gasteiger partial charge in [-0.25, -0.2) is 8.42 Å². The van der Waals surface area contributed by atoms with Crippen LogP contribution in [0.4, 0.5) is 5.69 Å². The first-order valence-corrected chi connectivity index (χ1v) is 6.71. The predicted octanol–water partition coefficient (Wildman–Crippen LogP) is -0.652. The number of nitrogens with one attached hydrogen (secondary N) is 1. The first-order chi connectivity index (χ1) is 7.84. The van der Waals surface area contributed by atoms with Gasteiger partial charge in [-0.1, -0.05) is 6.07 Å². The number of hydrogen-bond acceptors (Lipinski definition) is 5. The summed E-state index contributed by atoms with van der Waals surface area (Å²) in [5.74, 6) is -0.571. The van der Waals surface area contributed by atoms with Crippen LogP contribution in [0.25, 0.3) is 0 Å². The van der Waals surface area contributed by atoms with E-state index < -0.39 is 28.4 Å². The average molecular weight is 258 g/mol. The molecule has 0 saturated carbocycles. The van der Waals surface area contributed by atoms with Crippen LogP contribution < -0.4 is 11.1 Å². The lowest BCUT2D eigenvalue weighted by atomic mass is 10.2. The number of carbonyl (C=O) groups is 1. The molecule has 1 unspecified atom stereocenters. The molecule has 1 aromatic rings. The van der Waals surface area contributed by atoms with Crippen LogP contribution in [0.2, 0.25) is 0 Å². The summed E-state index contributed by atoms with van der Waals surface area (Å²) in [5, 5.41) is 11.1. The SMILES string of the molecule is CS(=O)(=O)c1cccc(NC(=O)C(N)CO)c1. The minimum Gasteiger partial charge on any atom is -0.394 e. The molecule has 0 aliphatic heterocycles. The van der Waals surface area contributed by atoms with Crippen molar-refractivity contribution in [3.63, 3.8) is 0 Å². The number of sulfone groups is 1. The maximum Gasteiger partial charge on any atom is 0.243 e. The summed E-state index contributed by atoms with van der Waals surface area (Å²) in [7, 11) is -3.32. The van der Waals surface area contributed by atoms with E-state index in [1.165, 1.54) is 24.3 Å². The van der Waals surface area contributed by atoms with Crippen molar-refractivity contribution in [2.75, 3.05) is 18.2 Å². The first-order valence-electron chi connectivity index (χ1n) is 4.82. The van der Waals surface area contributed by atoms with Gasteiger partial charge in [-0.3, -0.25) is 4.79 Å². The van der Waals surface area contributed by atoms with E-state index in [1.54, 1.807) is 0 Å². The Morgan fingerprint density at radius 1 is 1.53 bits per heavy atom. The van der Waals surface area contributed by atoms with E-state index in [-0.39, 0.29) is 4.90 Å². The number of benzene rings is 1. The van der Waals surface area contributed by atoms with Gasteiger partial charge >= 0.3 is 0 Å². The van der Waals surface area contributed by atoms with Crippen LogP contribution in [0.15, 0.2) is 29.2 Å². The second-order valence-corrected chi connectivity index (χ2v) is 5.59. The molecule has 0 aliphatic carbocycles. The Morgan fingerprint density at radius 3 is 2.71 bits per heavy atom. The normalized spacial score (nSPS) is 13.1. The third-order valence-electron chi connectivity index (χ3n) is 2.06. The Kier molecular flexibility index (Phi) is 4.22. The zero-order chi connectivity index (χ0) is 13.1. The average Bonchev–Trinajstić information content (AvgIpc) is 2.27. The van der Waals surface area contributed by atoms with Gasteiger partial charge in [-0.2, -0.15) is 0 Å². The van der Waals surface area contributed by atoms with Crippen molar-refractivity contribution < 1.29 is 18.3 Å². The molecule has 17 heavy (non-hydrogen) atoms. The maximum absolute atomic E-state index is 11.4. The van der Waals surface area contributed by atoms with Gasteiger partial charge in [0.2, 0.25) is 5.91 Å². The molecule has 94 valence electrons. The van der Waals surface area contributed by atoms with Crippen LogP contribution >= 0.6 is 0 Å². The molecule has 0 heterocycles. The summed E-state index contributed by atoms with van der Waals surface area (Å²) < 4.78 is 22.6. The molecule has 0 spiro atoms. The van der Waals surface area contributed by atoms with E-state index in [9.17, 15) is 13.2 Å². The Balaban J connectivity index is 2.91. The van der Waals surface area contributed by atoms with Crippen molar-refractivity contribution in [2.24, 2.45) is 5.73 Å². The van der Waals surface area contributed by atoms with Crippen molar-refractivity contribution in [3.8, 4) is 0 Å². The molecule has 0 bridgehead atoms. The lowest BCUT2D eigenvalue weighted by molar-refractivity contribution is -0.118. The predicted molar refractivity (Wildman–Crippen MR) is 63.2 cm³/mol. The van der Waals surface area contributed by atoms with Crippen LogP contribution in [0.3, 0.4) is 0 Å². The standard InChI is InChI=1S/C10H14N2O4S/c1-17(15,16)8-4-2-3-7(5-8)12-10(14)9(11)6-13/h2-5,9,13H,6,11H2,1H3,(H,12,14). The zero-order valence-corrected chi connectivity index (χ0v) is 10.1. The van der Waals surface area contributed by atoms with E-state index in [1.807, 2.05) is 0 Å². The van der Waals surface area contributed by atoms with Gasteiger partial charge in [-0.05, 0) is 18.2 Å². The number of aliphatic hydroxyl groups is 1. The number of hydrogen-bond donors (Lipinski definition) is 3. The lowest BCUT2D eigenvalue weighted by Crippen LogP contribution is -2.38. The second-order valence-electron chi connectivity index (χ2n) is 3.58. The number of nitrogens with two attached hydrogens (primary N) is 1. The fraction of sp³-hybridized carbons (Fsp3) is 0.300. The Morgan fingerprint density at radius 2 is 2.18 bits per heavy atom. The highest BCUT2D eigenvalue weighted by molar-refractivity contribution is 7.90. The van der Waals surface area contributed by atoms with Crippen LogP contribution in [0.1, 0.15) is 0 Å². The summed E-state index contributed by atoms with van der Waals surface area (Å²) in [6.07, 6.45) is 1.08. The molecule has 0 saturated heterocycles. The highest BCUT2D eigenvalue weighted by Crippen LogP contribution is 2.15. The summed E-state index contributed by atoms with van der Waals surface area (Å²) in [6, 6.07) is 4.78. The van der Waals surface area contributed by atoms with Gasteiger partial charge in [0.25, 0.3) is 0 Å². The van der Waals surface area contributed by atoms with E-state index >= 15 is 0 Å². The lowest BCUT2D eigenvalue weighted by Gasteiger charge is -2.10. The molecule has 0 aromatic heterocycles. The second kappa shape index (κ2) is 5.26. The van der Waals surface area contributed by atoms with E-state index in [0.717, 1.165) is 6.26 Å². The summed E-state index contributed by atoms with van der Waals surface area (Å²) in [4.78, 5) is 11.5. The van der Waals surface area contributed by atoms with Gasteiger partial charge in [0.15, 0.2) is 9.84 Å². The van der Waals surface area contributed by atoms with Crippen molar-refractivity contribution in [1.82, 2.24) is 0 Å². The first kappa shape index (κ1) is 13.6. The van der Waals surface area contributed by atoms with Crippen molar-refractivity contribution in [1.29, 1.82) is 0 Å². The van der Waals surface area contributed by atoms with E-state index in [4.69, 9.17) is 10.8 Å². The molecule has 0 fully saturated rings. The van der Waals surface area contributed by atoms with Gasteiger partial charge in [-0.15, -0.1) is 0 Å². The number of amides is 1. The quantitative estimate of drug-likeness (QED) is 0.664. The van der Waals surface area contributed by atoms with Crippen LogP contribution in [-0.4, -0.2) is 38.3 Å². The molecule has 6 nitrogen and oxygen atoms in total. The molecule has 7 heteroatoms. The number of rotatable bonds is 4. The molecular weight excluding hydrogens is 244 g/mol. The summed E-state index contributed by atoms with van der Waals surface area (Å²) in [5.41, 5.74) is 5.63. The zero-order valence-electron chi connectivity index (χ0n) is 9.25.